The van der Waals surface area contributed by atoms with Gasteiger partial charge in [-0.3, -0.25) is 4.99 Å². The van der Waals surface area contributed by atoms with Crippen LogP contribution in [0.25, 0.3) is 0 Å². The van der Waals surface area contributed by atoms with E-state index in [-0.39, 0.29) is 30.0 Å². The molecule has 0 aliphatic heterocycles. The summed E-state index contributed by atoms with van der Waals surface area (Å²) in [5, 5.41) is 6.78. The smallest absolute Gasteiger partial charge is 0.191 e. The maximum absolute atomic E-state index is 5.50. The molecule has 24 heavy (non-hydrogen) atoms. The number of rotatable bonds is 8. The molecule has 2 N–H and O–H groups in total. The van der Waals surface area contributed by atoms with Gasteiger partial charge in [-0.05, 0) is 32.5 Å². The lowest BCUT2D eigenvalue weighted by molar-refractivity contribution is 0.287. The lowest BCUT2D eigenvalue weighted by Crippen LogP contribution is -2.42. The van der Waals surface area contributed by atoms with Crippen molar-refractivity contribution in [1.82, 2.24) is 15.5 Å². The Morgan fingerprint density at radius 3 is 2.42 bits per heavy atom. The first-order valence-corrected chi connectivity index (χ1v) is 8.23. The van der Waals surface area contributed by atoms with E-state index in [1.165, 1.54) is 5.56 Å². The number of hydrogen-bond acceptors (Lipinski definition) is 3. The highest BCUT2D eigenvalue weighted by molar-refractivity contribution is 14.0. The van der Waals surface area contributed by atoms with Crippen LogP contribution in [0.5, 0.6) is 5.75 Å². The number of methoxy groups -OCH3 is 1. The summed E-state index contributed by atoms with van der Waals surface area (Å²) in [5.74, 6) is 2.44. The molecule has 0 aliphatic rings. The maximum atomic E-state index is 5.50. The number of likely N-dealkylation sites (N-methyl/N-ethyl adjacent to an activating group) is 1. The number of halogens is 1. The second-order valence-electron chi connectivity index (χ2n) is 6.28. The van der Waals surface area contributed by atoms with Crippen molar-refractivity contribution in [1.29, 1.82) is 0 Å². The van der Waals surface area contributed by atoms with Gasteiger partial charge >= 0.3 is 0 Å². The fraction of sp³-hybridized carbons (Fsp3) is 0.611. The lowest BCUT2D eigenvalue weighted by atomic mass is 10.0. The number of ether oxygens (including phenoxy) is 1. The standard InChI is InChI=1S/C18H32N4O.HI/c1-14(2)11-12-20-18(19-3)21-13-16(22(4)5)15-9-7-8-10-17(15)23-6;/h7-10,14,16H,11-13H2,1-6H3,(H2,19,20,21);1H. The summed E-state index contributed by atoms with van der Waals surface area (Å²) in [6.45, 7) is 6.14. The molecule has 0 heterocycles. The van der Waals surface area contributed by atoms with Gasteiger partial charge in [0.1, 0.15) is 5.75 Å². The Morgan fingerprint density at radius 2 is 1.88 bits per heavy atom. The molecule has 1 aromatic carbocycles. The molecule has 138 valence electrons. The molecule has 1 unspecified atom stereocenters. The van der Waals surface area contributed by atoms with Crippen LogP contribution >= 0.6 is 24.0 Å². The largest absolute Gasteiger partial charge is 0.496 e. The Bertz CT molecular complexity index is 492. The van der Waals surface area contributed by atoms with E-state index >= 15 is 0 Å². The third kappa shape index (κ3) is 7.70. The van der Waals surface area contributed by atoms with E-state index in [9.17, 15) is 0 Å². The van der Waals surface area contributed by atoms with Crippen LogP contribution in [-0.4, -0.2) is 52.2 Å². The van der Waals surface area contributed by atoms with Gasteiger partial charge in [0.15, 0.2) is 5.96 Å². The minimum absolute atomic E-state index is 0. The van der Waals surface area contributed by atoms with E-state index < -0.39 is 0 Å². The summed E-state index contributed by atoms with van der Waals surface area (Å²) in [6.07, 6.45) is 1.13. The average Bonchev–Trinajstić information content (AvgIpc) is 2.53. The molecule has 1 aromatic rings. The molecular weight excluding hydrogens is 415 g/mol. The maximum Gasteiger partial charge on any atom is 0.191 e. The molecule has 1 atom stereocenters. The van der Waals surface area contributed by atoms with Crippen LogP contribution in [0.4, 0.5) is 0 Å². The van der Waals surface area contributed by atoms with Crippen molar-refractivity contribution in [2.24, 2.45) is 10.9 Å². The van der Waals surface area contributed by atoms with Crippen LogP contribution in [0.2, 0.25) is 0 Å². The van der Waals surface area contributed by atoms with Crippen LogP contribution in [0.1, 0.15) is 31.9 Å². The van der Waals surface area contributed by atoms with Crippen molar-refractivity contribution in [3.05, 3.63) is 29.8 Å². The molecule has 0 amide bonds. The van der Waals surface area contributed by atoms with Crippen LogP contribution in [0, 0.1) is 5.92 Å². The molecule has 0 aliphatic carbocycles. The first kappa shape index (κ1) is 23.0. The van der Waals surface area contributed by atoms with Gasteiger partial charge in [0, 0.05) is 25.7 Å². The fourth-order valence-electron chi connectivity index (χ4n) is 2.41. The van der Waals surface area contributed by atoms with Crippen molar-refractivity contribution in [3.8, 4) is 5.75 Å². The monoisotopic (exact) mass is 448 g/mol. The number of hydrogen-bond donors (Lipinski definition) is 2. The highest BCUT2D eigenvalue weighted by atomic mass is 127. The van der Waals surface area contributed by atoms with Gasteiger partial charge in [-0.2, -0.15) is 0 Å². The van der Waals surface area contributed by atoms with Gasteiger partial charge in [0.05, 0.1) is 13.2 Å². The second kappa shape index (κ2) is 12.4. The third-order valence-corrected chi connectivity index (χ3v) is 3.82. The average molecular weight is 448 g/mol. The normalized spacial score (nSPS) is 12.8. The fourth-order valence-corrected chi connectivity index (χ4v) is 2.41. The molecular formula is C18H33IN4O. The quantitative estimate of drug-likeness (QED) is 0.365. The first-order chi connectivity index (χ1) is 11.0. The van der Waals surface area contributed by atoms with E-state index in [4.69, 9.17) is 4.74 Å². The molecule has 0 bridgehead atoms. The van der Waals surface area contributed by atoms with Crippen LogP contribution in [0.15, 0.2) is 29.3 Å². The number of para-hydroxylation sites is 1. The van der Waals surface area contributed by atoms with Crippen molar-refractivity contribution in [2.45, 2.75) is 26.3 Å². The second-order valence-corrected chi connectivity index (χ2v) is 6.28. The zero-order valence-electron chi connectivity index (χ0n) is 15.8. The summed E-state index contributed by atoms with van der Waals surface area (Å²) in [5.41, 5.74) is 1.17. The van der Waals surface area contributed by atoms with Crippen molar-refractivity contribution >= 4 is 29.9 Å². The molecule has 5 nitrogen and oxygen atoms in total. The number of guanidine groups is 1. The summed E-state index contributed by atoms with van der Waals surface area (Å²) >= 11 is 0. The Labute approximate surface area is 164 Å². The van der Waals surface area contributed by atoms with Gasteiger partial charge in [0.2, 0.25) is 0 Å². The predicted octanol–water partition coefficient (Wildman–Crippen LogP) is 3.13. The molecule has 1 rings (SSSR count). The molecule has 0 fully saturated rings. The Morgan fingerprint density at radius 1 is 1.21 bits per heavy atom. The number of nitrogens with one attached hydrogen (secondary N) is 2. The van der Waals surface area contributed by atoms with Crippen LogP contribution in [-0.2, 0) is 0 Å². The predicted molar refractivity (Wildman–Crippen MR) is 114 cm³/mol. The number of aliphatic imine (C=N–C) groups is 1. The van der Waals surface area contributed by atoms with Gasteiger partial charge in [0.25, 0.3) is 0 Å². The third-order valence-electron chi connectivity index (χ3n) is 3.82. The van der Waals surface area contributed by atoms with Gasteiger partial charge < -0.3 is 20.3 Å². The minimum Gasteiger partial charge on any atom is -0.496 e. The van der Waals surface area contributed by atoms with Crippen molar-refractivity contribution in [3.63, 3.8) is 0 Å². The van der Waals surface area contributed by atoms with Crippen molar-refractivity contribution < 1.29 is 4.74 Å². The van der Waals surface area contributed by atoms with E-state index in [0.29, 0.717) is 5.92 Å². The SMILES string of the molecule is CN=C(NCCC(C)C)NCC(c1ccccc1OC)N(C)C.I. The summed E-state index contributed by atoms with van der Waals surface area (Å²) in [6, 6.07) is 8.36. The Balaban J connectivity index is 0.00000529. The van der Waals surface area contributed by atoms with Gasteiger partial charge in [-0.15, -0.1) is 24.0 Å². The van der Waals surface area contributed by atoms with Crippen LogP contribution in [0.3, 0.4) is 0 Å². The highest BCUT2D eigenvalue weighted by Crippen LogP contribution is 2.27. The summed E-state index contributed by atoms with van der Waals surface area (Å²) in [7, 11) is 7.67. The van der Waals surface area contributed by atoms with Gasteiger partial charge in [-0.1, -0.05) is 32.0 Å². The van der Waals surface area contributed by atoms with Crippen LogP contribution < -0.4 is 15.4 Å². The molecule has 0 spiro atoms. The molecule has 6 heteroatoms. The molecule has 0 saturated carbocycles. The first-order valence-electron chi connectivity index (χ1n) is 8.23. The summed E-state index contributed by atoms with van der Waals surface area (Å²) < 4.78 is 5.50. The topological polar surface area (TPSA) is 48.9 Å². The lowest BCUT2D eigenvalue weighted by Gasteiger charge is -2.27. The molecule has 0 saturated heterocycles. The van der Waals surface area contributed by atoms with Gasteiger partial charge in [-0.25, -0.2) is 0 Å². The van der Waals surface area contributed by atoms with E-state index in [1.807, 2.05) is 18.2 Å². The summed E-state index contributed by atoms with van der Waals surface area (Å²) in [4.78, 5) is 6.48. The van der Waals surface area contributed by atoms with Crippen molar-refractivity contribution in [2.75, 3.05) is 41.3 Å². The van der Waals surface area contributed by atoms with E-state index in [0.717, 1.165) is 31.2 Å². The number of nitrogens with zero attached hydrogens (tertiary/aromatic N) is 2. The molecule has 0 radical (unpaired) electrons. The zero-order valence-corrected chi connectivity index (χ0v) is 18.1. The highest BCUT2D eigenvalue weighted by Gasteiger charge is 2.18. The zero-order chi connectivity index (χ0) is 17.2. The van der Waals surface area contributed by atoms with E-state index in [2.05, 4.69) is 54.5 Å². The molecule has 0 aromatic heterocycles. The number of benzene rings is 1. The van der Waals surface area contributed by atoms with E-state index in [1.54, 1.807) is 14.2 Å². The Kier molecular flexibility index (Phi) is 11.8. The Hall–Kier alpha value is -1.02. The minimum atomic E-state index is 0.